The number of aromatic nitrogens is 3. The molecule has 0 radical (unpaired) electrons. The van der Waals surface area contributed by atoms with E-state index in [1.165, 1.54) is 29.0 Å². The average Bonchev–Trinajstić information content (AvgIpc) is 3.37. The number of carbonyl (C=O) groups is 1. The average molecular weight is 470 g/mol. The number of ether oxygens (including phenoxy) is 1. The van der Waals surface area contributed by atoms with Crippen molar-refractivity contribution in [1.29, 1.82) is 0 Å². The van der Waals surface area contributed by atoms with Gasteiger partial charge in [0.15, 0.2) is 5.78 Å². The van der Waals surface area contributed by atoms with Crippen LogP contribution >= 0.6 is 11.6 Å². The van der Waals surface area contributed by atoms with Gasteiger partial charge in [0.25, 0.3) is 5.56 Å². The normalized spacial score (nSPS) is 24.7. The van der Waals surface area contributed by atoms with E-state index in [4.69, 9.17) is 16.3 Å². The van der Waals surface area contributed by atoms with Crippen molar-refractivity contribution in [3.8, 4) is 0 Å². The van der Waals surface area contributed by atoms with Gasteiger partial charge in [-0.25, -0.2) is 4.98 Å². The fourth-order valence-corrected chi connectivity index (χ4v) is 4.71. The summed E-state index contributed by atoms with van der Waals surface area (Å²) in [6.07, 6.45) is -2.92. The molecule has 3 aliphatic heterocycles. The number of rotatable bonds is 4. The lowest BCUT2D eigenvalue weighted by Crippen LogP contribution is -2.54. The zero-order chi connectivity index (χ0) is 22.6. The van der Waals surface area contributed by atoms with Gasteiger partial charge in [0.2, 0.25) is 5.95 Å². The van der Waals surface area contributed by atoms with Gasteiger partial charge in [-0.05, 0) is 25.0 Å². The summed E-state index contributed by atoms with van der Waals surface area (Å²) in [6, 6.07) is 2.24. The molecule has 12 heteroatoms. The molecule has 0 aromatic carbocycles. The van der Waals surface area contributed by atoms with Crippen LogP contribution in [0.5, 0.6) is 0 Å². The molecule has 2 aromatic rings. The number of pyridine rings is 1. The second-order valence-corrected chi connectivity index (χ2v) is 8.56. The van der Waals surface area contributed by atoms with E-state index < -0.39 is 30.1 Å². The fraction of sp³-hybridized carbons (Fsp3) is 0.500. The smallest absolute Gasteiger partial charge is 0.374 e. The lowest BCUT2D eigenvalue weighted by atomic mass is 10.1. The van der Waals surface area contributed by atoms with E-state index in [1.54, 1.807) is 0 Å². The van der Waals surface area contributed by atoms with E-state index in [2.05, 4.69) is 9.97 Å². The van der Waals surface area contributed by atoms with Crippen LogP contribution in [-0.4, -0.2) is 64.4 Å². The van der Waals surface area contributed by atoms with Crippen LogP contribution in [0.25, 0.3) is 0 Å². The number of nitrogens with zero attached hydrogens (tertiary/aromatic N) is 5. The first-order valence-electron chi connectivity index (χ1n) is 10.2. The molecular formula is C20H19ClF3N5O3. The van der Waals surface area contributed by atoms with Crippen molar-refractivity contribution in [3.63, 3.8) is 0 Å². The van der Waals surface area contributed by atoms with E-state index >= 15 is 0 Å². The first-order valence-corrected chi connectivity index (χ1v) is 10.6. The third-order valence-corrected chi connectivity index (χ3v) is 6.39. The standard InChI is InChI=1S/C20H19ClF3N5O3/c21-16-2-1-11(7-25-16)14(30)9-29-15(20(22,23)24)3-4-27-18(31)6-17(26-19(27)29)28-8-13-5-12(28)10-32-13/h1-2,6-7,12-13,15H,3-5,8-10H2/t12-,13-,15-/m0/s1. The highest BCUT2D eigenvalue weighted by Crippen LogP contribution is 2.36. The zero-order valence-electron chi connectivity index (χ0n) is 16.8. The Kier molecular flexibility index (Phi) is 5.12. The number of hydrogen-bond donors (Lipinski definition) is 0. The van der Waals surface area contributed by atoms with Gasteiger partial charge in [-0.3, -0.25) is 14.2 Å². The maximum atomic E-state index is 13.9. The minimum atomic E-state index is -4.60. The molecule has 2 aromatic heterocycles. The van der Waals surface area contributed by atoms with Gasteiger partial charge >= 0.3 is 6.18 Å². The highest BCUT2D eigenvalue weighted by molar-refractivity contribution is 6.29. The van der Waals surface area contributed by atoms with Crippen molar-refractivity contribution in [2.24, 2.45) is 0 Å². The molecule has 2 saturated heterocycles. The van der Waals surface area contributed by atoms with Crippen LogP contribution in [0.2, 0.25) is 5.15 Å². The Bertz CT molecular complexity index is 1110. The summed E-state index contributed by atoms with van der Waals surface area (Å²) in [5.74, 6) is -0.421. The number of halogens is 4. The second-order valence-electron chi connectivity index (χ2n) is 8.17. The summed E-state index contributed by atoms with van der Waals surface area (Å²) < 4.78 is 48.4. The number of anilines is 2. The van der Waals surface area contributed by atoms with Crippen molar-refractivity contribution in [2.75, 3.05) is 29.5 Å². The number of carbonyl (C=O) groups excluding carboxylic acids is 1. The van der Waals surface area contributed by atoms with E-state index in [9.17, 15) is 22.8 Å². The molecule has 0 unspecified atom stereocenters. The molecule has 5 heterocycles. The maximum absolute atomic E-state index is 13.9. The minimum absolute atomic E-state index is 0.0265. The van der Waals surface area contributed by atoms with E-state index in [1.807, 2.05) is 4.90 Å². The predicted octanol–water partition coefficient (Wildman–Crippen LogP) is 2.29. The third kappa shape index (κ3) is 3.73. The molecule has 32 heavy (non-hydrogen) atoms. The molecule has 0 spiro atoms. The van der Waals surface area contributed by atoms with E-state index in [0.717, 1.165) is 11.3 Å². The summed E-state index contributed by atoms with van der Waals surface area (Å²) in [6.45, 7) is 0.285. The molecule has 3 atom stereocenters. The van der Waals surface area contributed by atoms with Crippen LogP contribution < -0.4 is 15.4 Å². The van der Waals surface area contributed by atoms with Crippen LogP contribution in [-0.2, 0) is 11.3 Å². The Morgan fingerprint density at radius 2 is 2.12 bits per heavy atom. The summed E-state index contributed by atoms with van der Waals surface area (Å²) in [5.41, 5.74) is -0.320. The maximum Gasteiger partial charge on any atom is 0.408 e. The van der Waals surface area contributed by atoms with Crippen LogP contribution in [0.1, 0.15) is 23.2 Å². The van der Waals surface area contributed by atoms with Gasteiger partial charge < -0.3 is 14.5 Å². The van der Waals surface area contributed by atoms with Crippen molar-refractivity contribution < 1.29 is 22.7 Å². The van der Waals surface area contributed by atoms with Crippen molar-refractivity contribution >= 4 is 29.2 Å². The summed E-state index contributed by atoms with van der Waals surface area (Å²) in [5, 5.41) is 0.166. The van der Waals surface area contributed by atoms with E-state index in [-0.39, 0.29) is 41.8 Å². The molecule has 2 bridgehead atoms. The molecule has 0 saturated carbocycles. The molecule has 3 aliphatic rings. The lowest BCUT2D eigenvalue weighted by Gasteiger charge is -2.39. The van der Waals surface area contributed by atoms with Gasteiger partial charge in [0, 0.05) is 30.9 Å². The molecule has 5 rings (SSSR count). The Hall–Kier alpha value is -2.66. The van der Waals surface area contributed by atoms with Gasteiger partial charge in [-0.15, -0.1) is 0 Å². The Labute approximate surface area is 185 Å². The van der Waals surface area contributed by atoms with Gasteiger partial charge in [0.05, 0.1) is 25.3 Å². The Balaban J connectivity index is 1.53. The first-order chi connectivity index (χ1) is 15.2. The number of morpholine rings is 1. The number of ketones is 1. The summed E-state index contributed by atoms with van der Waals surface area (Å²) >= 11 is 5.74. The minimum Gasteiger partial charge on any atom is -0.374 e. The van der Waals surface area contributed by atoms with E-state index in [0.29, 0.717) is 19.0 Å². The number of Topliss-reactive ketones (excluding diaryl/α,β-unsaturated/α-hetero) is 1. The zero-order valence-corrected chi connectivity index (χ0v) is 17.5. The highest BCUT2D eigenvalue weighted by atomic mass is 35.5. The van der Waals surface area contributed by atoms with Crippen LogP contribution in [0.4, 0.5) is 24.9 Å². The topological polar surface area (TPSA) is 80.6 Å². The van der Waals surface area contributed by atoms with Crippen LogP contribution in [0, 0.1) is 0 Å². The first kappa shape index (κ1) is 21.2. The summed E-state index contributed by atoms with van der Waals surface area (Å²) in [4.78, 5) is 36.7. The Morgan fingerprint density at radius 3 is 2.75 bits per heavy atom. The molecule has 2 fully saturated rings. The van der Waals surface area contributed by atoms with Gasteiger partial charge in [-0.2, -0.15) is 18.2 Å². The molecule has 170 valence electrons. The highest BCUT2D eigenvalue weighted by Gasteiger charge is 2.48. The van der Waals surface area contributed by atoms with Crippen molar-refractivity contribution in [1.82, 2.24) is 14.5 Å². The van der Waals surface area contributed by atoms with Crippen LogP contribution in [0.3, 0.4) is 0 Å². The number of fused-ring (bicyclic) bond motifs is 3. The van der Waals surface area contributed by atoms with Gasteiger partial charge in [0.1, 0.15) is 17.0 Å². The predicted molar refractivity (Wildman–Crippen MR) is 109 cm³/mol. The molecule has 0 aliphatic carbocycles. The molecular weight excluding hydrogens is 451 g/mol. The molecule has 0 amide bonds. The SMILES string of the molecule is O=C(CN1c2nc(N3C[C@@H]4C[C@H]3CO4)cc(=O)n2CC[C@H]1C(F)(F)F)c1ccc(Cl)nc1. The second kappa shape index (κ2) is 7.73. The fourth-order valence-electron chi connectivity index (χ4n) is 4.59. The van der Waals surface area contributed by atoms with Crippen molar-refractivity contribution in [3.05, 3.63) is 45.5 Å². The summed E-state index contributed by atoms with van der Waals surface area (Å²) in [7, 11) is 0. The van der Waals surface area contributed by atoms with Crippen LogP contribution in [0.15, 0.2) is 29.2 Å². The Morgan fingerprint density at radius 1 is 1.31 bits per heavy atom. The number of hydrogen-bond acceptors (Lipinski definition) is 7. The number of alkyl halides is 3. The third-order valence-electron chi connectivity index (χ3n) is 6.17. The largest absolute Gasteiger partial charge is 0.408 e. The lowest BCUT2D eigenvalue weighted by molar-refractivity contribution is -0.152. The molecule has 8 nitrogen and oxygen atoms in total. The molecule has 0 N–H and O–H groups in total. The quantitative estimate of drug-likeness (QED) is 0.502. The van der Waals surface area contributed by atoms with Crippen molar-refractivity contribution in [2.45, 2.75) is 43.8 Å². The van der Waals surface area contributed by atoms with Gasteiger partial charge in [-0.1, -0.05) is 11.6 Å². The monoisotopic (exact) mass is 469 g/mol.